The summed E-state index contributed by atoms with van der Waals surface area (Å²) in [6, 6.07) is 8.02. The summed E-state index contributed by atoms with van der Waals surface area (Å²) in [7, 11) is 5.93. The monoisotopic (exact) mass is 386 g/mol. The van der Waals surface area contributed by atoms with Gasteiger partial charge in [0, 0.05) is 23.8 Å². The molecule has 0 atom stereocenters. The molecule has 1 heterocycles. The van der Waals surface area contributed by atoms with Crippen molar-refractivity contribution in [1.29, 1.82) is 0 Å². The maximum absolute atomic E-state index is 11.2. The Morgan fingerprint density at radius 2 is 1.57 bits per heavy atom. The van der Waals surface area contributed by atoms with E-state index in [-0.39, 0.29) is 11.4 Å². The molecule has 0 spiro atoms. The minimum atomic E-state index is -0.508. The molecule has 0 saturated heterocycles. The zero-order chi connectivity index (χ0) is 20.3. The smallest absolute Gasteiger partial charge is 0.311 e. The van der Waals surface area contributed by atoms with Gasteiger partial charge in [-0.1, -0.05) is 5.21 Å². The predicted octanol–water partition coefficient (Wildman–Crippen LogP) is 2.88. The molecule has 0 unspecified atom stereocenters. The summed E-state index contributed by atoms with van der Waals surface area (Å²) >= 11 is 0. The van der Waals surface area contributed by atoms with Crippen LogP contribution in [-0.2, 0) is 0 Å². The molecule has 10 nitrogen and oxygen atoms in total. The fourth-order valence-corrected chi connectivity index (χ4v) is 2.71. The van der Waals surface area contributed by atoms with Gasteiger partial charge in [-0.05, 0) is 12.1 Å². The first-order valence-electron chi connectivity index (χ1n) is 8.08. The Morgan fingerprint density at radius 3 is 2.11 bits per heavy atom. The van der Waals surface area contributed by atoms with Gasteiger partial charge in [0.15, 0.2) is 17.2 Å². The van der Waals surface area contributed by atoms with Gasteiger partial charge in [0.05, 0.1) is 45.2 Å². The van der Waals surface area contributed by atoms with Crippen LogP contribution in [0, 0.1) is 10.1 Å². The maximum Gasteiger partial charge on any atom is 0.311 e. The third kappa shape index (κ3) is 3.39. The second kappa shape index (κ2) is 7.82. The van der Waals surface area contributed by atoms with Gasteiger partial charge in [0.25, 0.3) is 0 Å². The van der Waals surface area contributed by atoms with E-state index < -0.39 is 4.92 Å². The minimum Gasteiger partial charge on any atom is -0.493 e. The molecule has 2 aromatic carbocycles. The number of benzene rings is 2. The summed E-state index contributed by atoms with van der Waals surface area (Å²) in [5.41, 5.74) is 1.46. The fraction of sp³-hybridized carbons (Fsp3) is 0.222. The Balaban J connectivity index is 2.04. The maximum atomic E-state index is 11.2. The van der Waals surface area contributed by atoms with E-state index in [0.717, 1.165) is 0 Å². The number of methoxy groups -OCH3 is 4. The molecule has 0 aliphatic rings. The molecule has 0 radical (unpaired) electrons. The second-order valence-electron chi connectivity index (χ2n) is 5.58. The van der Waals surface area contributed by atoms with Crippen LogP contribution >= 0.6 is 0 Å². The molecule has 10 heteroatoms. The molecule has 0 amide bonds. The topological polar surface area (TPSA) is 111 Å². The van der Waals surface area contributed by atoms with Crippen LogP contribution in [-0.4, -0.2) is 48.4 Å². The highest BCUT2D eigenvalue weighted by Crippen LogP contribution is 2.39. The van der Waals surface area contributed by atoms with Crippen molar-refractivity contribution in [3.05, 3.63) is 46.6 Å². The standard InChI is InChI=1S/C18H18N4O6/c1-25-15-6-5-11(7-14(15)22(23)24)13-10-21(20-19-13)12-8-16(26-2)18(28-4)17(9-12)27-3/h5-10H,1-4H3. The molecule has 28 heavy (non-hydrogen) atoms. The van der Waals surface area contributed by atoms with Crippen molar-refractivity contribution in [2.24, 2.45) is 0 Å². The van der Waals surface area contributed by atoms with Crippen molar-refractivity contribution in [2.45, 2.75) is 0 Å². The van der Waals surface area contributed by atoms with E-state index in [1.165, 1.54) is 45.3 Å². The SMILES string of the molecule is COc1ccc(-c2cn(-c3cc(OC)c(OC)c(OC)c3)nn2)cc1[N+](=O)[O-]. The van der Waals surface area contributed by atoms with Gasteiger partial charge >= 0.3 is 5.69 Å². The van der Waals surface area contributed by atoms with E-state index in [1.807, 2.05) is 0 Å². The second-order valence-corrected chi connectivity index (χ2v) is 5.58. The van der Waals surface area contributed by atoms with Gasteiger partial charge in [-0.3, -0.25) is 10.1 Å². The van der Waals surface area contributed by atoms with Crippen LogP contribution in [0.4, 0.5) is 5.69 Å². The van der Waals surface area contributed by atoms with E-state index in [9.17, 15) is 10.1 Å². The van der Waals surface area contributed by atoms with Crippen molar-refractivity contribution in [3.63, 3.8) is 0 Å². The molecule has 0 saturated carbocycles. The number of nitro groups is 1. The van der Waals surface area contributed by atoms with Gasteiger partial charge < -0.3 is 18.9 Å². The van der Waals surface area contributed by atoms with Crippen molar-refractivity contribution in [2.75, 3.05) is 28.4 Å². The number of nitrogens with zero attached hydrogens (tertiary/aromatic N) is 4. The lowest BCUT2D eigenvalue weighted by atomic mass is 10.1. The van der Waals surface area contributed by atoms with Gasteiger partial charge in [0.1, 0.15) is 5.69 Å². The van der Waals surface area contributed by atoms with E-state index in [2.05, 4.69) is 10.3 Å². The van der Waals surface area contributed by atoms with Gasteiger partial charge in [-0.25, -0.2) is 4.68 Å². The normalized spacial score (nSPS) is 10.4. The minimum absolute atomic E-state index is 0.151. The first kappa shape index (κ1) is 19.0. The quantitative estimate of drug-likeness (QED) is 0.450. The third-order valence-corrected chi connectivity index (χ3v) is 4.08. The van der Waals surface area contributed by atoms with E-state index in [0.29, 0.717) is 34.2 Å². The molecular weight excluding hydrogens is 368 g/mol. The summed E-state index contributed by atoms with van der Waals surface area (Å²) < 4.78 is 22.5. The molecule has 146 valence electrons. The number of hydrogen-bond acceptors (Lipinski definition) is 8. The van der Waals surface area contributed by atoms with Crippen molar-refractivity contribution in [3.8, 4) is 39.9 Å². The summed E-state index contributed by atoms with van der Waals surface area (Å²) in [4.78, 5) is 10.7. The van der Waals surface area contributed by atoms with Gasteiger partial charge in [-0.15, -0.1) is 5.10 Å². The summed E-state index contributed by atoms with van der Waals surface area (Å²) in [6.45, 7) is 0. The van der Waals surface area contributed by atoms with Crippen LogP contribution in [0.2, 0.25) is 0 Å². The highest BCUT2D eigenvalue weighted by molar-refractivity contribution is 5.66. The largest absolute Gasteiger partial charge is 0.493 e. The zero-order valence-electron chi connectivity index (χ0n) is 15.7. The fourth-order valence-electron chi connectivity index (χ4n) is 2.71. The average molecular weight is 386 g/mol. The zero-order valence-corrected chi connectivity index (χ0v) is 15.7. The molecule has 1 aromatic heterocycles. The molecule has 0 N–H and O–H groups in total. The molecular formula is C18H18N4O6. The Labute approximate surface area is 160 Å². The van der Waals surface area contributed by atoms with Crippen molar-refractivity contribution in [1.82, 2.24) is 15.0 Å². The number of hydrogen-bond donors (Lipinski definition) is 0. The number of nitro benzene ring substituents is 1. The van der Waals surface area contributed by atoms with Gasteiger partial charge in [-0.2, -0.15) is 0 Å². The number of ether oxygens (including phenoxy) is 4. The summed E-state index contributed by atoms with van der Waals surface area (Å²) in [6.07, 6.45) is 1.65. The highest BCUT2D eigenvalue weighted by Gasteiger charge is 2.18. The van der Waals surface area contributed by atoms with E-state index in [4.69, 9.17) is 18.9 Å². The third-order valence-electron chi connectivity index (χ3n) is 4.08. The van der Waals surface area contributed by atoms with Crippen LogP contribution in [0.25, 0.3) is 16.9 Å². The molecule has 0 bridgehead atoms. The number of aromatic nitrogens is 3. The molecule has 3 rings (SSSR count). The predicted molar refractivity (Wildman–Crippen MR) is 99.7 cm³/mol. The van der Waals surface area contributed by atoms with Crippen LogP contribution < -0.4 is 18.9 Å². The lowest BCUT2D eigenvalue weighted by Gasteiger charge is -2.13. The van der Waals surface area contributed by atoms with Crippen LogP contribution in [0.1, 0.15) is 0 Å². The Kier molecular flexibility index (Phi) is 5.30. The Hall–Kier alpha value is -3.82. The van der Waals surface area contributed by atoms with Crippen LogP contribution in [0.5, 0.6) is 23.0 Å². The van der Waals surface area contributed by atoms with E-state index >= 15 is 0 Å². The lowest BCUT2D eigenvalue weighted by molar-refractivity contribution is -0.385. The molecule has 0 fully saturated rings. The first-order chi connectivity index (χ1) is 13.5. The average Bonchev–Trinajstić information content (AvgIpc) is 3.22. The van der Waals surface area contributed by atoms with E-state index in [1.54, 1.807) is 24.4 Å². The van der Waals surface area contributed by atoms with Crippen LogP contribution in [0.15, 0.2) is 36.5 Å². The Bertz CT molecular complexity index is 992. The van der Waals surface area contributed by atoms with Crippen molar-refractivity contribution < 1.29 is 23.9 Å². The summed E-state index contributed by atoms with van der Waals surface area (Å²) in [5, 5.41) is 19.4. The van der Waals surface area contributed by atoms with Crippen molar-refractivity contribution >= 4 is 5.69 Å². The van der Waals surface area contributed by atoms with Gasteiger partial charge in [0.2, 0.25) is 5.75 Å². The molecule has 0 aliphatic carbocycles. The first-order valence-corrected chi connectivity index (χ1v) is 8.08. The lowest BCUT2D eigenvalue weighted by Crippen LogP contribution is -2.00. The molecule has 0 aliphatic heterocycles. The highest BCUT2D eigenvalue weighted by atomic mass is 16.6. The van der Waals surface area contributed by atoms with Crippen LogP contribution in [0.3, 0.4) is 0 Å². The summed E-state index contributed by atoms with van der Waals surface area (Å²) in [5.74, 6) is 1.56. The number of rotatable bonds is 7. The Morgan fingerprint density at radius 1 is 0.929 bits per heavy atom. The molecule has 3 aromatic rings.